The predicted molar refractivity (Wildman–Crippen MR) is 174 cm³/mol. The second-order valence-electron chi connectivity index (χ2n) is 11.5. The third-order valence-corrected chi connectivity index (χ3v) is 9.38. The Morgan fingerprint density at radius 3 is 2.68 bits per heavy atom. The Kier molecular flexibility index (Phi) is 9.74. The molecule has 1 aliphatic carbocycles. The Labute approximate surface area is 262 Å². The lowest BCUT2D eigenvalue weighted by atomic mass is 10.1. The molecule has 2 aliphatic rings. The second-order valence-corrected chi connectivity index (χ2v) is 12.6. The van der Waals surface area contributed by atoms with E-state index in [0.717, 1.165) is 85.3 Å². The van der Waals surface area contributed by atoms with Crippen LogP contribution in [0.25, 0.3) is 23.1 Å². The molecule has 0 radical (unpaired) electrons. The van der Waals surface area contributed by atoms with Crippen LogP contribution in [-0.4, -0.2) is 57.9 Å². The zero-order valence-electron chi connectivity index (χ0n) is 25.5. The molecular formula is C35H40FN5O2S. The van der Waals surface area contributed by atoms with Gasteiger partial charge in [-0.05, 0) is 112 Å². The molecule has 1 saturated heterocycles. The van der Waals surface area contributed by atoms with E-state index in [1.165, 1.54) is 29.5 Å². The van der Waals surface area contributed by atoms with Crippen molar-refractivity contribution in [3.63, 3.8) is 0 Å². The SMILES string of the molecule is CCN(CC)CCc1ccc(/C=C/c2nn(C3CCCCO3)c3cc(Sc4cc(F)ccc4C(=O)NC4CC4)ccc23)nc1. The number of nitrogens with zero attached hydrogens (tertiary/aromatic N) is 4. The zero-order chi connectivity index (χ0) is 30.5. The van der Waals surface area contributed by atoms with Crippen molar-refractivity contribution in [2.24, 2.45) is 0 Å². The molecule has 1 amide bonds. The van der Waals surface area contributed by atoms with Crippen LogP contribution in [0.15, 0.2) is 64.5 Å². The van der Waals surface area contributed by atoms with Crippen LogP contribution in [0.1, 0.15) is 79.5 Å². The largest absolute Gasteiger partial charge is 0.356 e. The van der Waals surface area contributed by atoms with E-state index in [2.05, 4.69) is 53.3 Å². The minimum absolute atomic E-state index is 0.147. The molecule has 0 spiro atoms. The molecule has 44 heavy (non-hydrogen) atoms. The van der Waals surface area contributed by atoms with Gasteiger partial charge in [-0.1, -0.05) is 31.7 Å². The van der Waals surface area contributed by atoms with Gasteiger partial charge >= 0.3 is 0 Å². The lowest BCUT2D eigenvalue weighted by molar-refractivity contribution is -0.0367. The summed E-state index contributed by atoms with van der Waals surface area (Å²) in [4.78, 5) is 21.5. The van der Waals surface area contributed by atoms with Crippen LogP contribution in [0.5, 0.6) is 0 Å². The quantitative estimate of drug-likeness (QED) is 0.180. The van der Waals surface area contributed by atoms with Crippen LogP contribution in [-0.2, 0) is 11.2 Å². The summed E-state index contributed by atoms with van der Waals surface area (Å²) in [5, 5.41) is 9.03. The molecule has 6 rings (SSSR count). The Balaban J connectivity index is 1.26. The van der Waals surface area contributed by atoms with Gasteiger partial charge in [-0.15, -0.1) is 0 Å². The van der Waals surface area contributed by atoms with Crippen molar-refractivity contribution in [3.05, 3.63) is 83.1 Å². The summed E-state index contributed by atoms with van der Waals surface area (Å²) in [6, 6.07) is 14.9. The number of aromatic nitrogens is 3. The first kappa shape index (κ1) is 30.5. The molecule has 7 nitrogen and oxygen atoms in total. The summed E-state index contributed by atoms with van der Waals surface area (Å²) in [5.74, 6) is -0.523. The number of likely N-dealkylation sites (N-methyl/N-ethyl adjacent to an activating group) is 1. The number of carbonyl (C=O) groups excluding carboxylic acids is 1. The van der Waals surface area contributed by atoms with Gasteiger partial charge < -0.3 is 15.0 Å². The summed E-state index contributed by atoms with van der Waals surface area (Å²) < 4.78 is 22.4. The lowest BCUT2D eigenvalue weighted by Gasteiger charge is -2.23. The maximum absolute atomic E-state index is 14.3. The van der Waals surface area contributed by atoms with E-state index < -0.39 is 0 Å². The minimum atomic E-state index is -0.366. The van der Waals surface area contributed by atoms with Crippen LogP contribution in [0.2, 0.25) is 0 Å². The van der Waals surface area contributed by atoms with Crippen LogP contribution >= 0.6 is 11.8 Å². The van der Waals surface area contributed by atoms with Crippen LogP contribution in [0, 0.1) is 5.82 Å². The summed E-state index contributed by atoms with van der Waals surface area (Å²) in [6.45, 7) is 8.24. The fourth-order valence-electron chi connectivity index (χ4n) is 5.52. The predicted octanol–water partition coefficient (Wildman–Crippen LogP) is 7.37. The average molecular weight is 614 g/mol. The summed E-state index contributed by atoms with van der Waals surface area (Å²) in [6.07, 6.45) is 11.8. The van der Waals surface area contributed by atoms with Crippen LogP contribution in [0.4, 0.5) is 4.39 Å². The average Bonchev–Trinajstić information content (AvgIpc) is 3.79. The maximum atomic E-state index is 14.3. The number of halogens is 1. The first-order valence-corrected chi connectivity index (χ1v) is 16.6. The van der Waals surface area contributed by atoms with Crippen molar-refractivity contribution in [1.82, 2.24) is 25.0 Å². The molecule has 4 aromatic rings. The number of fused-ring (bicyclic) bond motifs is 1. The maximum Gasteiger partial charge on any atom is 0.252 e. The molecule has 1 unspecified atom stereocenters. The number of amides is 1. The number of carbonyl (C=O) groups is 1. The Bertz CT molecular complexity index is 1620. The Hall–Kier alpha value is -3.53. The zero-order valence-corrected chi connectivity index (χ0v) is 26.3. The first-order valence-electron chi connectivity index (χ1n) is 15.8. The normalized spacial score (nSPS) is 17.1. The summed E-state index contributed by atoms with van der Waals surface area (Å²) in [5.41, 5.74) is 4.39. The number of pyridine rings is 1. The highest BCUT2D eigenvalue weighted by molar-refractivity contribution is 7.99. The summed E-state index contributed by atoms with van der Waals surface area (Å²) in [7, 11) is 0. The number of nitrogens with one attached hydrogen (secondary N) is 1. The molecular weight excluding hydrogens is 573 g/mol. The number of ether oxygens (including phenoxy) is 1. The lowest BCUT2D eigenvalue weighted by Crippen LogP contribution is -2.25. The van der Waals surface area contributed by atoms with Crippen molar-refractivity contribution in [2.75, 3.05) is 26.2 Å². The monoisotopic (exact) mass is 613 g/mol. The highest BCUT2D eigenvalue weighted by Gasteiger charge is 2.26. The highest BCUT2D eigenvalue weighted by atomic mass is 32.2. The first-order chi connectivity index (χ1) is 21.5. The molecule has 1 saturated carbocycles. The molecule has 0 bridgehead atoms. The van der Waals surface area contributed by atoms with Crippen molar-refractivity contribution >= 4 is 40.7 Å². The molecule has 3 heterocycles. The van der Waals surface area contributed by atoms with Crippen molar-refractivity contribution in [2.45, 2.75) is 74.4 Å². The van der Waals surface area contributed by atoms with Crippen molar-refractivity contribution < 1.29 is 13.9 Å². The second kappa shape index (κ2) is 14.1. The minimum Gasteiger partial charge on any atom is -0.356 e. The molecule has 1 atom stereocenters. The fourth-order valence-corrected chi connectivity index (χ4v) is 6.53. The molecule has 2 aromatic carbocycles. The highest BCUT2D eigenvalue weighted by Crippen LogP contribution is 2.36. The molecule has 2 aromatic heterocycles. The number of hydrogen-bond donors (Lipinski definition) is 1. The van der Waals surface area contributed by atoms with E-state index in [-0.39, 0.29) is 24.0 Å². The summed E-state index contributed by atoms with van der Waals surface area (Å²) >= 11 is 1.39. The molecule has 9 heteroatoms. The van der Waals surface area contributed by atoms with Gasteiger partial charge in [0, 0.05) is 40.6 Å². The Morgan fingerprint density at radius 2 is 1.95 bits per heavy atom. The third kappa shape index (κ3) is 7.39. The Morgan fingerprint density at radius 1 is 1.09 bits per heavy atom. The number of benzene rings is 2. The number of rotatable bonds is 12. The van der Waals surface area contributed by atoms with E-state index in [1.54, 1.807) is 6.07 Å². The fraction of sp³-hybridized carbons (Fsp3) is 0.400. The standard InChI is InChI=1S/C35H40FN5O2S/c1-3-40(4-2)19-18-24-8-10-26(37-23-24)13-17-31-29-16-14-28(22-32(29)41(39-31)34-7-5-6-20-43-34)44-33-21-25(36)9-15-30(33)35(42)38-27-11-12-27/h8-10,13-17,21-23,27,34H,3-7,11-12,18-20H2,1-2H3,(H,38,42)/b17-13+. The van der Waals surface area contributed by atoms with E-state index in [4.69, 9.17) is 9.84 Å². The van der Waals surface area contributed by atoms with Gasteiger partial charge in [-0.25, -0.2) is 9.07 Å². The molecule has 230 valence electrons. The van der Waals surface area contributed by atoms with Crippen LogP contribution < -0.4 is 5.32 Å². The topological polar surface area (TPSA) is 72.3 Å². The molecule has 1 N–H and O–H groups in total. The van der Waals surface area contributed by atoms with Gasteiger partial charge in [0.2, 0.25) is 0 Å². The third-order valence-electron chi connectivity index (χ3n) is 8.34. The van der Waals surface area contributed by atoms with Crippen LogP contribution in [0.3, 0.4) is 0 Å². The van der Waals surface area contributed by atoms with Gasteiger partial charge in [-0.3, -0.25) is 9.78 Å². The number of hydrogen-bond acceptors (Lipinski definition) is 6. The molecule has 2 fully saturated rings. The van der Waals surface area contributed by atoms with E-state index in [0.29, 0.717) is 17.1 Å². The van der Waals surface area contributed by atoms with Crippen molar-refractivity contribution in [3.8, 4) is 0 Å². The van der Waals surface area contributed by atoms with Gasteiger partial charge in [0.1, 0.15) is 5.82 Å². The molecule has 1 aliphatic heterocycles. The van der Waals surface area contributed by atoms with Gasteiger partial charge in [0.25, 0.3) is 5.91 Å². The van der Waals surface area contributed by atoms with Gasteiger partial charge in [-0.2, -0.15) is 5.10 Å². The van der Waals surface area contributed by atoms with Gasteiger partial charge in [0.15, 0.2) is 6.23 Å². The van der Waals surface area contributed by atoms with E-state index in [9.17, 15) is 9.18 Å². The van der Waals surface area contributed by atoms with Crippen molar-refractivity contribution in [1.29, 1.82) is 0 Å². The van der Waals surface area contributed by atoms with E-state index in [1.807, 2.05) is 29.1 Å². The smallest absolute Gasteiger partial charge is 0.252 e. The van der Waals surface area contributed by atoms with Gasteiger partial charge in [0.05, 0.1) is 22.5 Å². The van der Waals surface area contributed by atoms with E-state index >= 15 is 0 Å².